The molecule has 5 nitrogen and oxygen atoms in total. The van der Waals surface area contributed by atoms with Crippen molar-refractivity contribution in [2.45, 2.75) is 0 Å². The molecule has 0 bridgehead atoms. The lowest BCUT2D eigenvalue weighted by Gasteiger charge is -2.04. The van der Waals surface area contributed by atoms with Crippen LogP contribution in [0.5, 0.6) is 0 Å². The van der Waals surface area contributed by atoms with E-state index in [1.54, 1.807) is 7.05 Å². The fraction of sp³-hybridized carbons (Fsp3) is 0.0833. The topological polar surface area (TPSA) is 76.7 Å². The third kappa shape index (κ3) is 3.09. The van der Waals surface area contributed by atoms with E-state index in [0.29, 0.717) is 16.9 Å². The maximum atomic E-state index is 12.7. The van der Waals surface area contributed by atoms with E-state index in [-0.39, 0.29) is 11.1 Å². The molecule has 0 aromatic carbocycles. The molecule has 0 radical (unpaired) electrons. The van der Waals surface area contributed by atoms with Crippen molar-refractivity contribution in [1.82, 2.24) is 15.0 Å². The van der Waals surface area contributed by atoms with Gasteiger partial charge in [0.1, 0.15) is 11.4 Å². The number of nitrogens with two attached hydrogens (primary N) is 1. The van der Waals surface area contributed by atoms with Gasteiger partial charge in [0.15, 0.2) is 5.15 Å². The van der Waals surface area contributed by atoms with E-state index in [9.17, 15) is 4.39 Å². The quantitative estimate of drug-likeness (QED) is 0.471. The summed E-state index contributed by atoms with van der Waals surface area (Å²) in [6.07, 6.45) is 1.33. The van der Waals surface area contributed by atoms with Gasteiger partial charge in [-0.25, -0.2) is 4.98 Å². The Bertz CT molecular complexity index is 660. The van der Waals surface area contributed by atoms with E-state index >= 15 is 0 Å². The van der Waals surface area contributed by atoms with Crippen molar-refractivity contribution >= 4 is 23.4 Å². The Morgan fingerprint density at radius 3 is 2.74 bits per heavy atom. The Balaban J connectivity index is 2.41. The van der Waals surface area contributed by atoms with Gasteiger partial charge in [-0.1, -0.05) is 23.4 Å². The first-order valence-electron chi connectivity index (χ1n) is 5.24. The molecule has 19 heavy (non-hydrogen) atoms. The van der Waals surface area contributed by atoms with Crippen LogP contribution in [-0.4, -0.2) is 22.0 Å². The molecule has 2 heterocycles. The molecule has 0 atom stereocenters. The predicted molar refractivity (Wildman–Crippen MR) is 71.2 cm³/mol. The molecule has 2 rings (SSSR count). The van der Waals surface area contributed by atoms with Crippen molar-refractivity contribution in [3.63, 3.8) is 0 Å². The SMILES string of the molecule is CNc1nc(N)nc(Cl)c1C#Cc1ccc(F)nc1. The van der Waals surface area contributed by atoms with Gasteiger partial charge < -0.3 is 11.1 Å². The maximum Gasteiger partial charge on any atom is 0.223 e. The highest BCUT2D eigenvalue weighted by molar-refractivity contribution is 6.31. The number of hydrogen-bond donors (Lipinski definition) is 2. The largest absolute Gasteiger partial charge is 0.372 e. The average Bonchev–Trinajstić information content (AvgIpc) is 2.39. The number of hydrogen-bond acceptors (Lipinski definition) is 5. The standard InChI is InChI=1S/C12H9ClFN5/c1-16-11-8(10(13)18-12(15)19-11)4-2-7-3-5-9(14)17-6-7/h3,5-6H,1H3,(H3,15,16,18,19). The maximum absolute atomic E-state index is 12.7. The summed E-state index contributed by atoms with van der Waals surface area (Å²) in [5.41, 5.74) is 6.45. The molecule has 0 saturated heterocycles. The van der Waals surface area contributed by atoms with Gasteiger partial charge in [-0.05, 0) is 12.1 Å². The molecule has 0 aliphatic rings. The molecule has 2 aromatic heterocycles. The van der Waals surface area contributed by atoms with E-state index in [2.05, 4.69) is 32.1 Å². The third-order valence-corrected chi connectivity index (χ3v) is 2.45. The van der Waals surface area contributed by atoms with E-state index in [1.807, 2.05) is 0 Å². The lowest BCUT2D eigenvalue weighted by molar-refractivity contribution is 0.583. The molecule has 0 amide bonds. The zero-order valence-electron chi connectivity index (χ0n) is 9.91. The summed E-state index contributed by atoms with van der Waals surface area (Å²) in [5.74, 6) is 5.54. The molecule has 0 fully saturated rings. The van der Waals surface area contributed by atoms with Crippen LogP contribution >= 0.6 is 11.6 Å². The van der Waals surface area contributed by atoms with Crippen LogP contribution in [0.2, 0.25) is 5.15 Å². The van der Waals surface area contributed by atoms with Crippen molar-refractivity contribution in [1.29, 1.82) is 0 Å². The van der Waals surface area contributed by atoms with Gasteiger partial charge in [0.05, 0.1) is 0 Å². The highest BCUT2D eigenvalue weighted by Gasteiger charge is 2.08. The van der Waals surface area contributed by atoms with Gasteiger partial charge >= 0.3 is 0 Å². The molecule has 96 valence electrons. The van der Waals surface area contributed by atoms with Gasteiger partial charge in [0.25, 0.3) is 0 Å². The predicted octanol–water partition coefficient (Wildman–Crippen LogP) is 1.69. The summed E-state index contributed by atoms with van der Waals surface area (Å²) in [6.45, 7) is 0. The number of anilines is 2. The Labute approximate surface area is 114 Å². The first kappa shape index (κ1) is 13.1. The molecular formula is C12H9ClFN5. The summed E-state index contributed by atoms with van der Waals surface area (Å²) in [4.78, 5) is 11.3. The van der Waals surface area contributed by atoms with Crippen molar-refractivity contribution < 1.29 is 4.39 Å². The summed E-state index contributed by atoms with van der Waals surface area (Å²) in [5, 5.41) is 2.98. The number of pyridine rings is 1. The molecule has 2 aromatic rings. The fourth-order valence-electron chi connectivity index (χ4n) is 1.33. The first-order valence-corrected chi connectivity index (χ1v) is 5.62. The van der Waals surface area contributed by atoms with Crippen LogP contribution in [0, 0.1) is 17.8 Å². The number of aromatic nitrogens is 3. The van der Waals surface area contributed by atoms with Gasteiger partial charge in [-0.15, -0.1) is 0 Å². The van der Waals surface area contributed by atoms with Crippen molar-refractivity contribution in [3.8, 4) is 11.8 Å². The summed E-state index contributed by atoms with van der Waals surface area (Å²) < 4.78 is 12.7. The molecule has 7 heteroatoms. The van der Waals surface area contributed by atoms with E-state index < -0.39 is 5.95 Å². The van der Waals surface area contributed by atoms with E-state index in [1.165, 1.54) is 18.3 Å². The third-order valence-electron chi connectivity index (χ3n) is 2.18. The lowest BCUT2D eigenvalue weighted by Crippen LogP contribution is -2.03. The zero-order valence-corrected chi connectivity index (χ0v) is 10.7. The fourth-order valence-corrected chi connectivity index (χ4v) is 1.55. The van der Waals surface area contributed by atoms with Crippen molar-refractivity contribution in [3.05, 3.63) is 40.6 Å². The summed E-state index contributed by atoms with van der Waals surface area (Å²) in [7, 11) is 1.67. The number of nitrogens with one attached hydrogen (secondary N) is 1. The first-order chi connectivity index (χ1) is 9.10. The van der Waals surface area contributed by atoms with E-state index in [4.69, 9.17) is 17.3 Å². The monoisotopic (exact) mass is 277 g/mol. The second kappa shape index (κ2) is 5.50. The lowest BCUT2D eigenvalue weighted by atomic mass is 10.2. The molecule has 0 spiro atoms. The summed E-state index contributed by atoms with van der Waals surface area (Å²) >= 11 is 5.96. The van der Waals surface area contributed by atoms with Crippen LogP contribution in [-0.2, 0) is 0 Å². The van der Waals surface area contributed by atoms with Gasteiger partial charge in [0, 0.05) is 18.8 Å². The Kier molecular flexibility index (Phi) is 3.78. The number of nitrogen functional groups attached to an aromatic ring is 1. The molecular weight excluding hydrogens is 269 g/mol. The van der Waals surface area contributed by atoms with Gasteiger partial charge in [-0.3, -0.25) is 0 Å². The van der Waals surface area contributed by atoms with Crippen LogP contribution < -0.4 is 11.1 Å². The minimum atomic E-state index is -0.560. The number of rotatable bonds is 1. The highest BCUT2D eigenvalue weighted by Crippen LogP contribution is 2.20. The normalized spacial score (nSPS) is 9.63. The molecule has 0 aliphatic heterocycles. The second-order valence-electron chi connectivity index (χ2n) is 3.47. The van der Waals surface area contributed by atoms with Crippen LogP contribution in [0.25, 0.3) is 0 Å². The van der Waals surface area contributed by atoms with Crippen LogP contribution in [0.3, 0.4) is 0 Å². The smallest absolute Gasteiger partial charge is 0.223 e. The number of nitrogens with zero attached hydrogens (tertiary/aromatic N) is 3. The molecule has 0 unspecified atom stereocenters. The average molecular weight is 278 g/mol. The summed E-state index contributed by atoms with van der Waals surface area (Å²) in [6, 6.07) is 2.74. The Morgan fingerprint density at radius 1 is 1.32 bits per heavy atom. The van der Waals surface area contributed by atoms with Crippen molar-refractivity contribution in [2.24, 2.45) is 0 Å². The van der Waals surface area contributed by atoms with Crippen LogP contribution in [0.1, 0.15) is 11.1 Å². The van der Waals surface area contributed by atoms with Gasteiger partial charge in [0.2, 0.25) is 11.9 Å². The number of halogens is 2. The molecule has 0 aliphatic carbocycles. The zero-order chi connectivity index (χ0) is 13.8. The minimum Gasteiger partial charge on any atom is -0.372 e. The Morgan fingerprint density at radius 2 is 2.11 bits per heavy atom. The van der Waals surface area contributed by atoms with Gasteiger partial charge in [-0.2, -0.15) is 14.4 Å². The Hall–Kier alpha value is -2.39. The van der Waals surface area contributed by atoms with Crippen LogP contribution in [0.15, 0.2) is 18.3 Å². The minimum absolute atomic E-state index is 0.0587. The molecule has 3 N–H and O–H groups in total. The van der Waals surface area contributed by atoms with E-state index in [0.717, 1.165) is 0 Å². The van der Waals surface area contributed by atoms with Crippen molar-refractivity contribution in [2.75, 3.05) is 18.1 Å². The highest BCUT2D eigenvalue weighted by atomic mass is 35.5. The molecule has 0 saturated carbocycles. The second-order valence-corrected chi connectivity index (χ2v) is 3.82. The van der Waals surface area contributed by atoms with Crippen LogP contribution in [0.4, 0.5) is 16.2 Å².